The maximum Gasteiger partial charge on any atom is 1.00 e. The molecule has 0 amide bonds. The van der Waals surface area contributed by atoms with E-state index < -0.39 is 5.97 Å². The molecule has 3 aromatic rings. The fourth-order valence-corrected chi connectivity index (χ4v) is 2.17. The molecule has 100 valence electrons. The standard InChI is InChI=1S/C16H13NO3.Na/c18-16(19)15-10-12-9-11(5-7-14(12)20-15)4-6-13-3-1-2-8-17-13;/h1-3,5,7-10H,4,6H2,(H,18,19);/q;+1/p-1. The van der Waals surface area contributed by atoms with Gasteiger partial charge in [-0.25, -0.2) is 0 Å². The molecule has 1 aromatic carbocycles. The minimum atomic E-state index is -1.30. The molecule has 0 aliphatic rings. The molecule has 5 heteroatoms. The molecule has 0 unspecified atom stereocenters. The van der Waals surface area contributed by atoms with Gasteiger partial charge in [0.15, 0.2) is 5.76 Å². The molecule has 0 aliphatic heterocycles. The van der Waals surface area contributed by atoms with Crippen LogP contribution in [-0.4, -0.2) is 11.0 Å². The number of pyridine rings is 1. The second-order valence-electron chi connectivity index (χ2n) is 4.59. The number of carbonyl (C=O) groups excluding carboxylic acids is 1. The molecular weight excluding hydrogens is 277 g/mol. The van der Waals surface area contributed by atoms with Gasteiger partial charge >= 0.3 is 29.6 Å². The molecule has 0 atom stereocenters. The number of hydrogen-bond donors (Lipinski definition) is 0. The zero-order valence-electron chi connectivity index (χ0n) is 11.7. The van der Waals surface area contributed by atoms with Crippen LogP contribution >= 0.6 is 0 Å². The van der Waals surface area contributed by atoms with Crippen LogP contribution in [0.4, 0.5) is 0 Å². The molecule has 0 saturated heterocycles. The van der Waals surface area contributed by atoms with Crippen molar-refractivity contribution >= 4 is 16.9 Å². The predicted molar refractivity (Wildman–Crippen MR) is 72.2 cm³/mol. The third-order valence-corrected chi connectivity index (χ3v) is 3.18. The van der Waals surface area contributed by atoms with E-state index in [2.05, 4.69) is 4.98 Å². The number of aryl methyl sites for hydroxylation is 2. The minimum Gasteiger partial charge on any atom is -0.542 e. The third-order valence-electron chi connectivity index (χ3n) is 3.18. The number of benzene rings is 1. The fraction of sp³-hybridized carbons (Fsp3) is 0.125. The van der Waals surface area contributed by atoms with Crippen LogP contribution in [0, 0.1) is 0 Å². The Morgan fingerprint density at radius 3 is 2.71 bits per heavy atom. The number of furan rings is 1. The zero-order valence-corrected chi connectivity index (χ0v) is 13.7. The normalized spacial score (nSPS) is 10.3. The first-order valence-electron chi connectivity index (χ1n) is 6.36. The van der Waals surface area contributed by atoms with Crippen LogP contribution in [0.15, 0.2) is 53.1 Å². The van der Waals surface area contributed by atoms with E-state index in [1.165, 1.54) is 6.07 Å². The van der Waals surface area contributed by atoms with Gasteiger partial charge in [-0.1, -0.05) is 12.1 Å². The van der Waals surface area contributed by atoms with Gasteiger partial charge in [-0.3, -0.25) is 4.98 Å². The number of nitrogens with zero attached hydrogens (tertiary/aromatic N) is 1. The summed E-state index contributed by atoms with van der Waals surface area (Å²) in [5, 5.41) is 11.5. The van der Waals surface area contributed by atoms with Crippen LogP contribution in [0.25, 0.3) is 11.0 Å². The third kappa shape index (κ3) is 3.73. The Hall–Kier alpha value is -1.62. The first-order chi connectivity index (χ1) is 9.72. The van der Waals surface area contributed by atoms with Crippen molar-refractivity contribution in [3.63, 3.8) is 0 Å². The summed E-state index contributed by atoms with van der Waals surface area (Å²) in [6.07, 6.45) is 3.47. The van der Waals surface area contributed by atoms with Crippen molar-refractivity contribution in [1.82, 2.24) is 4.98 Å². The van der Waals surface area contributed by atoms with Gasteiger partial charge in [0, 0.05) is 17.3 Å². The molecular formula is C16H12NNaO3. The van der Waals surface area contributed by atoms with E-state index in [1.54, 1.807) is 12.3 Å². The number of hydrogen-bond acceptors (Lipinski definition) is 4. The predicted octanol–water partition coefficient (Wildman–Crippen LogP) is -1.02. The van der Waals surface area contributed by atoms with E-state index in [0.29, 0.717) is 5.58 Å². The minimum absolute atomic E-state index is 0. The number of carbonyl (C=O) groups is 1. The number of fused-ring (bicyclic) bond motifs is 1. The first kappa shape index (κ1) is 15.8. The summed E-state index contributed by atoms with van der Waals surface area (Å²) in [5.41, 5.74) is 2.72. The van der Waals surface area contributed by atoms with E-state index in [-0.39, 0.29) is 35.3 Å². The molecule has 0 aliphatic carbocycles. The summed E-state index contributed by atoms with van der Waals surface area (Å²) in [6, 6.07) is 13.0. The van der Waals surface area contributed by atoms with Crippen LogP contribution in [0.3, 0.4) is 0 Å². The topological polar surface area (TPSA) is 66.2 Å². The smallest absolute Gasteiger partial charge is 0.542 e. The molecule has 21 heavy (non-hydrogen) atoms. The van der Waals surface area contributed by atoms with Crippen molar-refractivity contribution in [1.29, 1.82) is 0 Å². The molecule has 0 spiro atoms. The van der Waals surface area contributed by atoms with Gasteiger partial charge < -0.3 is 14.3 Å². The Morgan fingerprint density at radius 1 is 1.14 bits per heavy atom. The largest absolute Gasteiger partial charge is 1.00 e. The summed E-state index contributed by atoms with van der Waals surface area (Å²) in [7, 11) is 0. The summed E-state index contributed by atoms with van der Waals surface area (Å²) in [4.78, 5) is 15.0. The van der Waals surface area contributed by atoms with Gasteiger partial charge in [-0.05, 0) is 48.7 Å². The van der Waals surface area contributed by atoms with Crippen molar-refractivity contribution in [2.24, 2.45) is 0 Å². The summed E-state index contributed by atoms with van der Waals surface area (Å²) in [5.74, 6) is -1.43. The number of carboxylic acid groups (broad SMARTS) is 1. The van der Waals surface area contributed by atoms with E-state index in [1.807, 2.05) is 30.3 Å². The number of aromatic carboxylic acids is 1. The SMILES string of the molecule is O=C([O-])c1cc2cc(CCc3ccccn3)ccc2o1.[Na+]. The van der Waals surface area contributed by atoms with Gasteiger partial charge in [0.1, 0.15) is 11.6 Å². The molecule has 0 radical (unpaired) electrons. The van der Waals surface area contributed by atoms with E-state index in [4.69, 9.17) is 4.42 Å². The van der Waals surface area contributed by atoms with Gasteiger partial charge in [0.05, 0.1) is 0 Å². The van der Waals surface area contributed by atoms with Crippen LogP contribution in [0.5, 0.6) is 0 Å². The summed E-state index contributed by atoms with van der Waals surface area (Å²) >= 11 is 0. The molecule has 0 bridgehead atoms. The van der Waals surface area contributed by atoms with Gasteiger partial charge in [-0.2, -0.15) is 0 Å². The monoisotopic (exact) mass is 289 g/mol. The van der Waals surface area contributed by atoms with Crippen molar-refractivity contribution in [2.45, 2.75) is 12.8 Å². The Labute approximate surface area is 144 Å². The number of rotatable bonds is 4. The Kier molecular flexibility index (Phi) is 5.17. The molecule has 2 heterocycles. The van der Waals surface area contributed by atoms with Gasteiger partial charge in [-0.15, -0.1) is 0 Å². The van der Waals surface area contributed by atoms with Gasteiger partial charge in [0.2, 0.25) is 0 Å². The Morgan fingerprint density at radius 2 is 2.00 bits per heavy atom. The average Bonchev–Trinajstić information content (AvgIpc) is 2.89. The first-order valence-corrected chi connectivity index (χ1v) is 6.36. The number of aromatic nitrogens is 1. The molecule has 0 N–H and O–H groups in total. The molecule has 0 saturated carbocycles. The summed E-state index contributed by atoms with van der Waals surface area (Å²) in [6.45, 7) is 0. The van der Waals surface area contributed by atoms with E-state index in [9.17, 15) is 9.90 Å². The maximum atomic E-state index is 10.8. The second-order valence-corrected chi connectivity index (χ2v) is 4.59. The van der Waals surface area contributed by atoms with Crippen LogP contribution in [0.2, 0.25) is 0 Å². The zero-order chi connectivity index (χ0) is 13.9. The van der Waals surface area contributed by atoms with Gasteiger partial charge in [0.25, 0.3) is 0 Å². The fourth-order valence-electron chi connectivity index (χ4n) is 2.17. The van der Waals surface area contributed by atoms with Crippen molar-refractivity contribution in [3.05, 3.63) is 65.7 Å². The van der Waals surface area contributed by atoms with E-state index >= 15 is 0 Å². The van der Waals surface area contributed by atoms with Crippen molar-refractivity contribution in [3.8, 4) is 0 Å². The van der Waals surface area contributed by atoms with E-state index in [0.717, 1.165) is 29.5 Å². The van der Waals surface area contributed by atoms with Crippen LogP contribution in [-0.2, 0) is 12.8 Å². The molecule has 4 nitrogen and oxygen atoms in total. The quantitative estimate of drug-likeness (QED) is 0.577. The molecule has 2 aromatic heterocycles. The second kappa shape index (κ2) is 6.89. The average molecular weight is 289 g/mol. The molecule has 3 rings (SSSR count). The number of carboxylic acids is 1. The van der Waals surface area contributed by atoms with Crippen LogP contribution in [0.1, 0.15) is 21.8 Å². The Balaban J connectivity index is 0.00000161. The van der Waals surface area contributed by atoms with Crippen LogP contribution < -0.4 is 34.7 Å². The van der Waals surface area contributed by atoms with Crippen molar-refractivity contribution < 1.29 is 43.9 Å². The Bertz CT molecular complexity index is 753. The molecule has 0 fully saturated rings. The van der Waals surface area contributed by atoms with Crippen molar-refractivity contribution in [2.75, 3.05) is 0 Å². The maximum absolute atomic E-state index is 10.8. The summed E-state index contributed by atoms with van der Waals surface area (Å²) < 4.78 is 5.17.